The van der Waals surface area contributed by atoms with Crippen molar-refractivity contribution in [2.45, 2.75) is 58.9 Å². The van der Waals surface area contributed by atoms with Crippen molar-refractivity contribution in [2.24, 2.45) is 29.6 Å². The molecule has 5 rings (SSSR count). The van der Waals surface area contributed by atoms with Gasteiger partial charge in [-0.1, -0.05) is 6.92 Å². The summed E-state index contributed by atoms with van der Waals surface area (Å²) in [6.45, 7) is 5.34. The van der Waals surface area contributed by atoms with Gasteiger partial charge in [-0.2, -0.15) is 5.10 Å². The van der Waals surface area contributed by atoms with E-state index < -0.39 is 0 Å². The highest BCUT2D eigenvalue weighted by Gasteiger charge is 2.48. The van der Waals surface area contributed by atoms with Crippen LogP contribution in [-0.2, 0) is 13.0 Å². The molecule has 1 aromatic heterocycles. The molecule has 0 aromatic carbocycles. The molecule has 4 aliphatic carbocycles. The normalized spacial score (nSPS) is 38.6. The van der Waals surface area contributed by atoms with E-state index in [0.29, 0.717) is 0 Å². The molecule has 20 heavy (non-hydrogen) atoms. The highest BCUT2D eigenvalue weighted by atomic mass is 15.3. The van der Waals surface area contributed by atoms with Crippen molar-refractivity contribution in [1.82, 2.24) is 9.78 Å². The minimum absolute atomic E-state index is 0.842. The van der Waals surface area contributed by atoms with Gasteiger partial charge in [0.15, 0.2) is 0 Å². The number of nitrogens with zero attached hydrogens (tertiary/aromatic N) is 2. The van der Waals surface area contributed by atoms with Crippen molar-refractivity contribution in [3.63, 3.8) is 0 Å². The topological polar surface area (TPSA) is 43.8 Å². The maximum atomic E-state index is 6.32. The van der Waals surface area contributed by atoms with E-state index in [0.717, 1.165) is 54.1 Å². The SMILES string of the molecule is CCc1c(C)nn(CC2C3CC4CC(C3)CC2C4)c1N. The highest BCUT2D eigenvalue weighted by molar-refractivity contribution is 5.43. The summed E-state index contributed by atoms with van der Waals surface area (Å²) in [5.41, 5.74) is 8.71. The summed E-state index contributed by atoms with van der Waals surface area (Å²) in [6.07, 6.45) is 8.47. The summed E-state index contributed by atoms with van der Waals surface area (Å²) in [5, 5.41) is 4.72. The highest BCUT2D eigenvalue weighted by Crippen LogP contribution is 2.56. The Morgan fingerprint density at radius 3 is 2.20 bits per heavy atom. The number of aromatic nitrogens is 2. The number of rotatable bonds is 3. The zero-order valence-electron chi connectivity index (χ0n) is 12.8. The van der Waals surface area contributed by atoms with Crippen molar-refractivity contribution in [1.29, 1.82) is 0 Å². The first-order valence-corrected chi connectivity index (χ1v) is 8.47. The number of nitrogen functional groups attached to an aromatic ring is 1. The molecule has 110 valence electrons. The minimum Gasteiger partial charge on any atom is -0.384 e. The molecule has 4 saturated carbocycles. The summed E-state index contributed by atoms with van der Waals surface area (Å²) in [6, 6.07) is 0. The van der Waals surface area contributed by atoms with E-state index in [1.807, 2.05) is 0 Å². The average Bonchev–Trinajstić information content (AvgIpc) is 2.67. The smallest absolute Gasteiger partial charge is 0.125 e. The second-order valence-electron chi connectivity index (χ2n) is 7.58. The zero-order valence-corrected chi connectivity index (χ0v) is 12.8. The number of nitrogens with two attached hydrogens (primary N) is 1. The quantitative estimate of drug-likeness (QED) is 0.917. The molecule has 0 radical (unpaired) electrons. The van der Waals surface area contributed by atoms with Gasteiger partial charge < -0.3 is 5.73 Å². The Morgan fingerprint density at radius 2 is 1.70 bits per heavy atom. The largest absolute Gasteiger partial charge is 0.384 e. The van der Waals surface area contributed by atoms with Crippen molar-refractivity contribution in [3.05, 3.63) is 11.3 Å². The molecule has 3 nitrogen and oxygen atoms in total. The molecule has 0 spiro atoms. The van der Waals surface area contributed by atoms with Crippen LogP contribution in [0.4, 0.5) is 5.82 Å². The van der Waals surface area contributed by atoms with E-state index in [4.69, 9.17) is 10.8 Å². The van der Waals surface area contributed by atoms with Crippen LogP contribution in [0.3, 0.4) is 0 Å². The predicted octanol–water partition coefficient (Wildman–Crippen LogP) is 3.41. The summed E-state index contributed by atoms with van der Waals surface area (Å²) >= 11 is 0. The van der Waals surface area contributed by atoms with E-state index >= 15 is 0 Å². The second-order valence-corrected chi connectivity index (χ2v) is 7.58. The van der Waals surface area contributed by atoms with E-state index in [1.165, 1.54) is 37.7 Å². The van der Waals surface area contributed by atoms with Crippen LogP contribution >= 0.6 is 0 Å². The van der Waals surface area contributed by atoms with Crippen molar-refractivity contribution in [3.8, 4) is 0 Å². The van der Waals surface area contributed by atoms with Gasteiger partial charge in [0.1, 0.15) is 5.82 Å². The Balaban J connectivity index is 1.57. The lowest BCUT2D eigenvalue weighted by molar-refractivity contribution is -0.0440. The van der Waals surface area contributed by atoms with Crippen LogP contribution in [0.15, 0.2) is 0 Å². The lowest BCUT2D eigenvalue weighted by Gasteiger charge is -2.54. The molecule has 4 bridgehead atoms. The molecule has 1 aromatic rings. The Bertz CT molecular complexity index is 489. The summed E-state index contributed by atoms with van der Waals surface area (Å²) in [5.74, 6) is 5.79. The van der Waals surface area contributed by atoms with Crippen molar-refractivity contribution >= 4 is 5.82 Å². The van der Waals surface area contributed by atoms with Crippen LogP contribution in [-0.4, -0.2) is 9.78 Å². The van der Waals surface area contributed by atoms with Gasteiger partial charge in [0.2, 0.25) is 0 Å². The van der Waals surface area contributed by atoms with Crippen LogP contribution in [0.2, 0.25) is 0 Å². The number of anilines is 1. The van der Waals surface area contributed by atoms with Crippen molar-refractivity contribution in [2.75, 3.05) is 5.73 Å². The van der Waals surface area contributed by atoms with Gasteiger partial charge in [0, 0.05) is 12.1 Å². The van der Waals surface area contributed by atoms with E-state index in [-0.39, 0.29) is 0 Å². The van der Waals surface area contributed by atoms with Crippen LogP contribution in [0.1, 0.15) is 50.3 Å². The molecular weight excluding hydrogens is 246 g/mol. The molecule has 4 fully saturated rings. The fourth-order valence-electron chi connectivity index (χ4n) is 5.75. The molecule has 3 heteroatoms. The number of hydrogen-bond acceptors (Lipinski definition) is 2. The molecule has 1 heterocycles. The molecule has 0 aliphatic heterocycles. The monoisotopic (exact) mass is 273 g/mol. The second kappa shape index (κ2) is 4.51. The summed E-state index contributed by atoms with van der Waals surface area (Å²) in [4.78, 5) is 0. The minimum atomic E-state index is 0.842. The van der Waals surface area contributed by atoms with Gasteiger partial charge in [-0.05, 0) is 75.0 Å². The van der Waals surface area contributed by atoms with E-state index in [9.17, 15) is 0 Å². The lowest BCUT2D eigenvalue weighted by atomic mass is 9.52. The first-order valence-electron chi connectivity index (χ1n) is 8.47. The fraction of sp³-hybridized carbons (Fsp3) is 0.824. The standard InChI is InChI=1S/C17H27N3/c1-3-15-10(2)19-20(17(15)18)9-16-13-5-11-4-12(7-13)8-14(16)6-11/h11-14,16H,3-9,18H2,1-2H3. The maximum absolute atomic E-state index is 6.32. The molecule has 0 atom stereocenters. The van der Waals surface area contributed by atoms with E-state index in [1.54, 1.807) is 0 Å². The molecule has 4 aliphatic rings. The van der Waals surface area contributed by atoms with Gasteiger partial charge in [0.05, 0.1) is 5.69 Å². The Labute approximate surface area is 121 Å². The molecule has 0 saturated heterocycles. The average molecular weight is 273 g/mol. The van der Waals surface area contributed by atoms with Gasteiger partial charge >= 0.3 is 0 Å². The fourth-order valence-corrected chi connectivity index (χ4v) is 5.75. The summed E-state index contributed by atoms with van der Waals surface area (Å²) < 4.78 is 2.13. The van der Waals surface area contributed by atoms with E-state index in [2.05, 4.69) is 18.5 Å². The third-order valence-corrected chi connectivity index (χ3v) is 6.45. The van der Waals surface area contributed by atoms with Gasteiger partial charge in [-0.25, -0.2) is 4.68 Å². The third-order valence-electron chi connectivity index (χ3n) is 6.45. The molecule has 0 unspecified atom stereocenters. The predicted molar refractivity (Wildman–Crippen MR) is 81.3 cm³/mol. The Hall–Kier alpha value is -0.990. The number of aryl methyl sites for hydroxylation is 1. The van der Waals surface area contributed by atoms with Crippen LogP contribution in [0.25, 0.3) is 0 Å². The molecule has 2 N–H and O–H groups in total. The van der Waals surface area contributed by atoms with Crippen molar-refractivity contribution < 1.29 is 0 Å². The third kappa shape index (κ3) is 1.82. The first-order chi connectivity index (χ1) is 9.65. The Kier molecular flexibility index (Phi) is 2.87. The first kappa shape index (κ1) is 12.7. The maximum Gasteiger partial charge on any atom is 0.125 e. The summed E-state index contributed by atoms with van der Waals surface area (Å²) in [7, 11) is 0. The van der Waals surface area contributed by atoms with Gasteiger partial charge in [-0.15, -0.1) is 0 Å². The zero-order chi connectivity index (χ0) is 13.9. The van der Waals surface area contributed by atoms with Crippen LogP contribution < -0.4 is 5.73 Å². The molecular formula is C17H27N3. The Morgan fingerprint density at radius 1 is 1.10 bits per heavy atom. The van der Waals surface area contributed by atoms with Gasteiger partial charge in [0.25, 0.3) is 0 Å². The lowest BCUT2D eigenvalue weighted by Crippen LogP contribution is -2.46. The van der Waals surface area contributed by atoms with Crippen LogP contribution in [0, 0.1) is 36.5 Å². The molecule has 0 amide bonds. The number of hydrogen-bond donors (Lipinski definition) is 1. The van der Waals surface area contributed by atoms with Gasteiger partial charge in [-0.3, -0.25) is 0 Å². The van der Waals surface area contributed by atoms with Crippen LogP contribution in [0.5, 0.6) is 0 Å².